The Kier molecular flexibility index (Phi) is 3.21. The molecule has 0 radical (unpaired) electrons. The second-order valence-electron chi connectivity index (χ2n) is 4.66. The molecule has 0 atom stereocenters. The molecule has 0 fully saturated rings. The lowest BCUT2D eigenvalue weighted by Crippen LogP contribution is -2.23. The van der Waals surface area contributed by atoms with Crippen molar-refractivity contribution in [3.8, 4) is 17.0 Å². The van der Waals surface area contributed by atoms with Gasteiger partial charge in [0, 0.05) is 12.1 Å². The van der Waals surface area contributed by atoms with Gasteiger partial charge in [-0.2, -0.15) is 5.10 Å². The SMILES string of the molecule is CCn1nc(-c2cccc(OC)c2)c2c(C)onc2c1=O. The van der Waals surface area contributed by atoms with Crippen LogP contribution in [-0.2, 0) is 6.54 Å². The minimum atomic E-state index is -0.240. The van der Waals surface area contributed by atoms with Crippen molar-refractivity contribution in [1.29, 1.82) is 0 Å². The molecule has 0 amide bonds. The summed E-state index contributed by atoms with van der Waals surface area (Å²) in [5, 5.41) is 8.97. The molecular formula is C15H15N3O3. The number of aryl methyl sites for hydroxylation is 2. The number of fused-ring (bicyclic) bond motifs is 1. The summed E-state index contributed by atoms with van der Waals surface area (Å²) >= 11 is 0. The molecule has 0 saturated heterocycles. The van der Waals surface area contributed by atoms with Gasteiger partial charge in [-0.1, -0.05) is 17.3 Å². The molecule has 1 aromatic carbocycles. The molecule has 0 aliphatic heterocycles. The van der Waals surface area contributed by atoms with E-state index in [1.165, 1.54) is 4.68 Å². The molecule has 6 nitrogen and oxygen atoms in total. The fourth-order valence-electron chi connectivity index (χ4n) is 2.32. The van der Waals surface area contributed by atoms with E-state index in [0.29, 0.717) is 28.9 Å². The van der Waals surface area contributed by atoms with Crippen LogP contribution < -0.4 is 10.3 Å². The third-order valence-electron chi connectivity index (χ3n) is 3.40. The van der Waals surface area contributed by atoms with Crippen LogP contribution in [-0.4, -0.2) is 22.0 Å². The zero-order valence-corrected chi connectivity index (χ0v) is 12.1. The topological polar surface area (TPSA) is 70.2 Å². The smallest absolute Gasteiger partial charge is 0.296 e. The highest BCUT2D eigenvalue weighted by atomic mass is 16.5. The van der Waals surface area contributed by atoms with E-state index in [0.717, 1.165) is 11.3 Å². The van der Waals surface area contributed by atoms with Crippen molar-refractivity contribution in [3.05, 3.63) is 40.4 Å². The van der Waals surface area contributed by atoms with E-state index in [1.54, 1.807) is 14.0 Å². The minimum Gasteiger partial charge on any atom is -0.497 e. The molecule has 6 heteroatoms. The van der Waals surface area contributed by atoms with Crippen LogP contribution in [0.25, 0.3) is 22.2 Å². The van der Waals surface area contributed by atoms with E-state index < -0.39 is 0 Å². The summed E-state index contributed by atoms with van der Waals surface area (Å²) in [6, 6.07) is 7.53. The lowest BCUT2D eigenvalue weighted by molar-refractivity contribution is 0.405. The molecule has 108 valence electrons. The second-order valence-corrected chi connectivity index (χ2v) is 4.66. The van der Waals surface area contributed by atoms with Crippen molar-refractivity contribution < 1.29 is 9.26 Å². The highest BCUT2D eigenvalue weighted by Gasteiger charge is 2.18. The van der Waals surface area contributed by atoms with Crippen LogP contribution in [0.4, 0.5) is 0 Å². The van der Waals surface area contributed by atoms with Crippen LogP contribution in [0.2, 0.25) is 0 Å². The highest BCUT2D eigenvalue weighted by Crippen LogP contribution is 2.29. The highest BCUT2D eigenvalue weighted by molar-refractivity contribution is 5.93. The number of rotatable bonds is 3. The van der Waals surface area contributed by atoms with E-state index in [1.807, 2.05) is 31.2 Å². The molecular weight excluding hydrogens is 270 g/mol. The Balaban J connectivity index is 2.38. The van der Waals surface area contributed by atoms with Gasteiger partial charge in [-0.25, -0.2) is 4.68 Å². The van der Waals surface area contributed by atoms with E-state index in [4.69, 9.17) is 9.26 Å². The molecule has 2 aromatic heterocycles. The summed E-state index contributed by atoms with van der Waals surface area (Å²) in [4.78, 5) is 12.2. The van der Waals surface area contributed by atoms with Crippen LogP contribution in [0, 0.1) is 6.92 Å². The van der Waals surface area contributed by atoms with E-state index >= 15 is 0 Å². The maximum atomic E-state index is 12.2. The fourth-order valence-corrected chi connectivity index (χ4v) is 2.32. The lowest BCUT2D eigenvalue weighted by atomic mass is 10.1. The molecule has 3 aromatic rings. The van der Waals surface area contributed by atoms with Crippen molar-refractivity contribution in [2.24, 2.45) is 0 Å². The van der Waals surface area contributed by atoms with E-state index in [9.17, 15) is 4.79 Å². The number of benzene rings is 1. The summed E-state index contributed by atoms with van der Waals surface area (Å²) in [5.74, 6) is 1.31. The van der Waals surface area contributed by atoms with Gasteiger partial charge in [0.1, 0.15) is 17.2 Å². The molecule has 2 heterocycles. The molecule has 0 N–H and O–H groups in total. The average molecular weight is 285 g/mol. The maximum Gasteiger partial charge on any atom is 0.296 e. The van der Waals surface area contributed by atoms with Crippen LogP contribution in [0.15, 0.2) is 33.6 Å². The summed E-state index contributed by atoms with van der Waals surface area (Å²) in [5.41, 5.74) is 1.59. The first-order valence-electron chi connectivity index (χ1n) is 6.67. The summed E-state index contributed by atoms with van der Waals surface area (Å²) in [6.45, 7) is 4.11. The predicted octanol–water partition coefficient (Wildman–Crippen LogP) is 2.39. The Morgan fingerprint density at radius 2 is 2.19 bits per heavy atom. The molecule has 0 unspecified atom stereocenters. The molecule has 0 saturated carbocycles. The third-order valence-corrected chi connectivity index (χ3v) is 3.40. The summed E-state index contributed by atoms with van der Waals surface area (Å²) < 4.78 is 11.8. The van der Waals surface area contributed by atoms with Crippen molar-refractivity contribution in [2.45, 2.75) is 20.4 Å². The predicted molar refractivity (Wildman–Crippen MR) is 78.5 cm³/mol. The van der Waals surface area contributed by atoms with Gasteiger partial charge in [-0.05, 0) is 26.0 Å². The van der Waals surface area contributed by atoms with Crippen LogP contribution >= 0.6 is 0 Å². The Morgan fingerprint density at radius 1 is 1.38 bits per heavy atom. The van der Waals surface area contributed by atoms with Gasteiger partial charge >= 0.3 is 0 Å². The molecule has 3 rings (SSSR count). The third kappa shape index (κ3) is 2.08. The van der Waals surface area contributed by atoms with Crippen LogP contribution in [0.3, 0.4) is 0 Å². The summed E-state index contributed by atoms with van der Waals surface area (Å²) in [6.07, 6.45) is 0. The van der Waals surface area contributed by atoms with Crippen LogP contribution in [0.1, 0.15) is 12.7 Å². The molecule has 0 aliphatic carbocycles. The first-order chi connectivity index (χ1) is 10.2. The Hall–Kier alpha value is -2.63. The zero-order chi connectivity index (χ0) is 15.0. The number of nitrogens with zero attached hydrogens (tertiary/aromatic N) is 3. The first-order valence-corrected chi connectivity index (χ1v) is 6.67. The average Bonchev–Trinajstić information content (AvgIpc) is 2.90. The van der Waals surface area contributed by atoms with Gasteiger partial charge in [0.2, 0.25) is 0 Å². The number of methoxy groups -OCH3 is 1. The number of hydrogen-bond acceptors (Lipinski definition) is 5. The lowest BCUT2D eigenvalue weighted by Gasteiger charge is -2.08. The van der Waals surface area contributed by atoms with Crippen LogP contribution in [0.5, 0.6) is 5.75 Å². The standard InChI is InChI=1S/C15H15N3O3/c1-4-18-15(19)14-12(9(2)21-17-14)13(16-18)10-6-5-7-11(8-10)20-3/h5-8H,4H2,1-3H3. The molecule has 0 bridgehead atoms. The fraction of sp³-hybridized carbons (Fsp3) is 0.267. The number of ether oxygens (including phenoxy) is 1. The minimum absolute atomic E-state index is 0.240. The monoisotopic (exact) mass is 285 g/mol. The maximum absolute atomic E-state index is 12.2. The zero-order valence-electron chi connectivity index (χ0n) is 12.1. The molecule has 0 spiro atoms. The molecule has 21 heavy (non-hydrogen) atoms. The van der Waals surface area contributed by atoms with Gasteiger partial charge in [0.05, 0.1) is 12.5 Å². The van der Waals surface area contributed by atoms with Crippen molar-refractivity contribution in [3.63, 3.8) is 0 Å². The van der Waals surface area contributed by atoms with Gasteiger partial charge in [0.25, 0.3) is 5.56 Å². The molecule has 0 aliphatic rings. The van der Waals surface area contributed by atoms with Gasteiger partial charge in [-0.3, -0.25) is 4.79 Å². The Bertz CT molecular complexity index is 864. The van der Waals surface area contributed by atoms with Crippen molar-refractivity contribution in [2.75, 3.05) is 7.11 Å². The quantitative estimate of drug-likeness (QED) is 0.739. The van der Waals surface area contributed by atoms with Crippen molar-refractivity contribution >= 4 is 10.9 Å². The largest absolute Gasteiger partial charge is 0.497 e. The Labute approximate surface area is 120 Å². The normalized spacial score (nSPS) is 11.0. The Morgan fingerprint density at radius 3 is 2.90 bits per heavy atom. The van der Waals surface area contributed by atoms with E-state index in [-0.39, 0.29) is 5.56 Å². The van der Waals surface area contributed by atoms with Gasteiger partial charge in [-0.15, -0.1) is 0 Å². The summed E-state index contributed by atoms with van der Waals surface area (Å²) in [7, 11) is 1.61. The van der Waals surface area contributed by atoms with E-state index in [2.05, 4.69) is 10.3 Å². The first kappa shape index (κ1) is 13.4. The van der Waals surface area contributed by atoms with Gasteiger partial charge in [0.15, 0.2) is 5.52 Å². The second kappa shape index (κ2) is 5.05. The number of aromatic nitrogens is 3. The van der Waals surface area contributed by atoms with Crippen molar-refractivity contribution in [1.82, 2.24) is 14.9 Å². The van der Waals surface area contributed by atoms with Gasteiger partial charge < -0.3 is 9.26 Å². The number of hydrogen-bond donors (Lipinski definition) is 0.